The number of unbranched alkanes of at least 4 members (excludes halogenated alkanes) is 1. The lowest BCUT2D eigenvalue weighted by Gasteiger charge is -2.25. The van der Waals surface area contributed by atoms with Gasteiger partial charge in [0.25, 0.3) is 0 Å². The molecule has 0 aromatic rings. The van der Waals surface area contributed by atoms with Gasteiger partial charge in [-0.2, -0.15) is 11.8 Å². The maximum atomic E-state index is 11.6. The third-order valence-electron chi connectivity index (χ3n) is 2.85. The molecule has 3 nitrogen and oxygen atoms in total. The Kier molecular flexibility index (Phi) is 8.70. The van der Waals surface area contributed by atoms with Gasteiger partial charge >= 0.3 is 5.97 Å². The van der Waals surface area contributed by atoms with E-state index in [9.17, 15) is 4.79 Å². The number of hydrogen-bond acceptors (Lipinski definition) is 4. The summed E-state index contributed by atoms with van der Waals surface area (Å²) in [5.74, 6) is 2.99. The van der Waals surface area contributed by atoms with Gasteiger partial charge in [0.1, 0.15) is 5.54 Å². The van der Waals surface area contributed by atoms with Crippen LogP contribution in [0.5, 0.6) is 0 Å². The molecule has 0 aliphatic rings. The van der Waals surface area contributed by atoms with Crippen molar-refractivity contribution in [3.63, 3.8) is 0 Å². The number of nitrogens with one attached hydrogen (secondary N) is 1. The number of hydrogen-bond donors (Lipinski definition) is 1. The molecule has 1 N–H and O–H groups in total. The molecule has 0 rings (SSSR count). The lowest BCUT2D eigenvalue weighted by Crippen LogP contribution is -2.48. The highest BCUT2D eigenvalue weighted by Gasteiger charge is 2.31. The highest BCUT2D eigenvalue weighted by Crippen LogP contribution is 2.17. The lowest BCUT2D eigenvalue weighted by atomic mass is 9.95. The van der Waals surface area contributed by atoms with Crippen molar-refractivity contribution in [1.29, 1.82) is 0 Å². The van der Waals surface area contributed by atoms with E-state index in [-0.39, 0.29) is 5.97 Å². The van der Waals surface area contributed by atoms with E-state index < -0.39 is 5.54 Å². The molecule has 0 amide bonds. The Bertz CT molecular complexity index is 221. The van der Waals surface area contributed by atoms with Crippen LogP contribution in [0.3, 0.4) is 0 Å². The first-order valence-electron chi connectivity index (χ1n) is 6.31. The van der Waals surface area contributed by atoms with Gasteiger partial charge in [-0.15, -0.1) is 0 Å². The summed E-state index contributed by atoms with van der Waals surface area (Å²) >= 11 is 2.00. The van der Waals surface area contributed by atoms with Gasteiger partial charge in [0.05, 0.1) is 7.11 Å². The van der Waals surface area contributed by atoms with Crippen LogP contribution in [0.15, 0.2) is 0 Å². The largest absolute Gasteiger partial charge is 0.468 e. The molecular formula is C13H27NO2S. The molecule has 0 aromatic carbocycles. The maximum absolute atomic E-state index is 11.6. The van der Waals surface area contributed by atoms with Crippen molar-refractivity contribution in [3.8, 4) is 0 Å². The molecule has 0 saturated heterocycles. The highest BCUT2D eigenvalue weighted by molar-refractivity contribution is 7.99. The van der Waals surface area contributed by atoms with E-state index in [4.69, 9.17) is 4.74 Å². The first-order valence-corrected chi connectivity index (χ1v) is 7.47. The molecule has 1 atom stereocenters. The fourth-order valence-corrected chi connectivity index (χ4v) is 2.60. The summed E-state index contributed by atoms with van der Waals surface area (Å²) in [5.41, 5.74) is -0.530. The van der Waals surface area contributed by atoms with Gasteiger partial charge in [-0.25, -0.2) is 0 Å². The molecule has 0 heterocycles. The molecule has 0 radical (unpaired) electrons. The minimum atomic E-state index is -0.530. The Morgan fingerprint density at radius 2 is 2.06 bits per heavy atom. The van der Waals surface area contributed by atoms with Crippen LogP contribution >= 0.6 is 11.8 Å². The number of rotatable bonds is 9. The standard InChI is InChI=1S/C13H27NO2S/c1-11(2)10-17-9-7-6-8-13(3,14-4)12(15)16-5/h11,14H,6-10H2,1-5H3. The van der Waals surface area contributed by atoms with Gasteiger partial charge in [-0.05, 0) is 44.2 Å². The van der Waals surface area contributed by atoms with Crippen molar-refractivity contribution in [2.24, 2.45) is 5.92 Å². The zero-order chi connectivity index (χ0) is 13.3. The fourth-order valence-electron chi connectivity index (χ4n) is 1.56. The van der Waals surface area contributed by atoms with Crippen LogP contribution in [0.2, 0.25) is 0 Å². The van der Waals surface area contributed by atoms with E-state index in [0.717, 1.165) is 25.2 Å². The highest BCUT2D eigenvalue weighted by atomic mass is 32.2. The van der Waals surface area contributed by atoms with Gasteiger partial charge in [-0.1, -0.05) is 20.3 Å². The molecule has 102 valence electrons. The Morgan fingerprint density at radius 1 is 1.41 bits per heavy atom. The third kappa shape index (κ3) is 6.94. The zero-order valence-electron chi connectivity index (χ0n) is 11.8. The van der Waals surface area contributed by atoms with Crippen LogP contribution in [0.4, 0.5) is 0 Å². The van der Waals surface area contributed by atoms with E-state index in [1.54, 1.807) is 0 Å². The number of thioether (sulfide) groups is 1. The molecule has 1 unspecified atom stereocenters. The van der Waals surface area contributed by atoms with E-state index in [2.05, 4.69) is 19.2 Å². The SMILES string of the molecule is CNC(C)(CCCCSCC(C)C)C(=O)OC. The van der Waals surface area contributed by atoms with Crippen LogP contribution < -0.4 is 5.32 Å². The second-order valence-corrected chi connectivity index (χ2v) is 6.15. The third-order valence-corrected chi connectivity index (χ3v) is 4.33. The molecule has 0 aliphatic carbocycles. The fraction of sp³-hybridized carbons (Fsp3) is 0.923. The molecule has 0 bridgehead atoms. The van der Waals surface area contributed by atoms with Gasteiger partial charge in [0, 0.05) is 0 Å². The van der Waals surface area contributed by atoms with E-state index >= 15 is 0 Å². The monoisotopic (exact) mass is 261 g/mol. The maximum Gasteiger partial charge on any atom is 0.325 e. The molecule has 0 spiro atoms. The number of carbonyl (C=O) groups is 1. The quantitative estimate of drug-likeness (QED) is 0.511. The number of ether oxygens (including phenoxy) is 1. The molecular weight excluding hydrogens is 234 g/mol. The van der Waals surface area contributed by atoms with Crippen molar-refractivity contribution in [2.75, 3.05) is 25.7 Å². The average Bonchev–Trinajstić information content (AvgIpc) is 2.31. The molecule has 17 heavy (non-hydrogen) atoms. The minimum absolute atomic E-state index is 0.171. The van der Waals surface area contributed by atoms with Crippen molar-refractivity contribution in [3.05, 3.63) is 0 Å². The lowest BCUT2D eigenvalue weighted by molar-refractivity contribution is -0.148. The van der Waals surface area contributed by atoms with Crippen LogP contribution in [-0.4, -0.2) is 37.2 Å². The normalized spacial score (nSPS) is 14.7. The molecule has 0 aromatic heterocycles. The van der Waals surface area contributed by atoms with Gasteiger partial charge < -0.3 is 10.1 Å². The average molecular weight is 261 g/mol. The summed E-state index contributed by atoms with van der Waals surface area (Å²) in [6.45, 7) is 6.38. The Hall–Kier alpha value is -0.220. The molecule has 0 saturated carbocycles. The van der Waals surface area contributed by atoms with Crippen LogP contribution in [0.1, 0.15) is 40.0 Å². The molecule has 4 heteroatoms. The zero-order valence-corrected chi connectivity index (χ0v) is 12.7. The van der Waals surface area contributed by atoms with E-state index in [1.165, 1.54) is 18.6 Å². The van der Waals surface area contributed by atoms with Crippen molar-refractivity contribution >= 4 is 17.7 Å². The predicted molar refractivity (Wildman–Crippen MR) is 75.5 cm³/mol. The van der Waals surface area contributed by atoms with Crippen LogP contribution in [-0.2, 0) is 9.53 Å². The minimum Gasteiger partial charge on any atom is -0.468 e. The number of carbonyl (C=O) groups excluding carboxylic acids is 1. The summed E-state index contributed by atoms with van der Waals surface area (Å²) in [5, 5.41) is 3.06. The summed E-state index contributed by atoms with van der Waals surface area (Å²) in [7, 11) is 3.25. The Morgan fingerprint density at radius 3 is 2.53 bits per heavy atom. The second-order valence-electron chi connectivity index (χ2n) is 5.00. The summed E-state index contributed by atoms with van der Waals surface area (Å²) in [4.78, 5) is 11.6. The number of esters is 1. The Labute approximate surface area is 110 Å². The first-order chi connectivity index (χ1) is 7.96. The van der Waals surface area contributed by atoms with Crippen molar-refractivity contribution in [2.45, 2.75) is 45.6 Å². The number of methoxy groups -OCH3 is 1. The van der Waals surface area contributed by atoms with E-state index in [0.29, 0.717) is 0 Å². The predicted octanol–water partition coefficient (Wildman–Crippen LogP) is 2.70. The van der Waals surface area contributed by atoms with Gasteiger partial charge in [0.2, 0.25) is 0 Å². The van der Waals surface area contributed by atoms with Crippen molar-refractivity contribution < 1.29 is 9.53 Å². The Balaban J connectivity index is 3.74. The van der Waals surface area contributed by atoms with Crippen molar-refractivity contribution in [1.82, 2.24) is 5.32 Å². The summed E-state index contributed by atoms with van der Waals surface area (Å²) < 4.78 is 4.81. The summed E-state index contributed by atoms with van der Waals surface area (Å²) in [6.07, 6.45) is 3.04. The first kappa shape index (κ1) is 16.8. The second kappa shape index (κ2) is 8.81. The topological polar surface area (TPSA) is 38.3 Å². The molecule has 0 aliphatic heterocycles. The van der Waals surface area contributed by atoms with Gasteiger partial charge in [-0.3, -0.25) is 4.79 Å². The van der Waals surface area contributed by atoms with Crippen LogP contribution in [0, 0.1) is 5.92 Å². The van der Waals surface area contributed by atoms with Crippen LogP contribution in [0.25, 0.3) is 0 Å². The van der Waals surface area contributed by atoms with E-state index in [1.807, 2.05) is 25.7 Å². The number of likely N-dealkylation sites (N-methyl/N-ethyl adjacent to an activating group) is 1. The van der Waals surface area contributed by atoms with Gasteiger partial charge in [0.15, 0.2) is 0 Å². The summed E-state index contributed by atoms with van der Waals surface area (Å²) in [6, 6.07) is 0. The smallest absolute Gasteiger partial charge is 0.325 e. The molecule has 0 fully saturated rings.